The summed E-state index contributed by atoms with van der Waals surface area (Å²) < 4.78 is 1.90. The third-order valence-electron chi connectivity index (χ3n) is 5.09. The Balaban J connectivity index is 1.90. The lowest BCUT2D eigenvalue weighted by atomic mass is 9.66. The van der Waals surface area contributed by atoms with Gasteiger partial charge in [0.15, 0.2) is 0 Å². The van der Waals surface area contributed by atoms with E-state index in [9.17, 15) is 4.79 Å². The Hall–Kier alpha value is -1.32. The van der Waals surface area contributed by atoms with Crippen molar-refractivity contribution in [1.29, 1.82) is 0 Å². The summed E-state index contributed by atoms with van der Waals surface area (Å²) in [7, 11) is 1.95. The van der Waals surface area contributed by atoms with Crippen molar-refractivity contribution in [2.75, 3.05) is 0 Å². The van der Waals surface area contributed by atoms with Crippen LogP contribution in [-0.4, -0.2) is 15.7 Å². The van der Waals surface area contributed by atoms with E-state index in [0.717, 1.165) is 25.0 Å². The molecule has 3 rings (SSSR count). The van der Waals surface area contributed by atoms with Crippen LogP contribution in [0.15, 0.2) is 6.07 Å². The third kappa shape index (κ3) is 1.97. The standard InChI is InChI=1S/C15H23N3O/c1-18-13(15(14(16)19)8-5-9-15)10-12(17-18)11-6-3-2-4-7-11/h10-11H,2-9H2,1H3,(H2,16,19). The number of aromatic nitrogens is 2. The van der Waals surface area contributed by atoms with Crippen molar-refractivity contribution in [3.8, 4) is 0 Å². The Bertz CT molecular complexity index is 482. The van der Waals surface area contributed by atoms with Gasteiger partial charge in [-0.2, -0.15) is 5.10 Å². The normalized spacial score (nSPS) is 23.0. The third-order valence-corrected chi connectivity index (χ3v) is 5.09. The molecule has 1 amide bonds. The summed E-state index contributed by atoms with van der Waals surface area (Å²) in [6.45, 7) is 0. The van der Waals surface area contributed by atoms with E-state index in [2.05, 4.69) is 11.2 Å². The van der Waals surface area contributed by atoms with E-state index in [1.165, 1.54) is 37.8 Å². The molecular formula is C15H23N3O. The Morgan fingerprint density at radius 1 is 1.32 bits per heavy atom. The summed E-state index contributed by atoms with van der Waals surface area (Å²) in [6.07, 6.45) is 9.28. The van der Waals surface area contributed by atoms with Gasteiger partial charge in [-0.3, -0.25) is 9.48 Å². The zero-order valence-corrected chi connectivity index (χ0v) is 11.7. The minimum Gasteiger partial charge on any atom is -0.369 e. The molecule has 1 aromatic heterocycles. The van der Waals surface area contributed by atoms with Gasteiger partial charge in [-0.1, -0.05) is 25.7 Å². The van der Waals surface area contributed by atoms with Gasteiger partial charge in [0.1, 0.15) is 0 Å². The highest BCUT2D eigenvalue weighted by atomic mass is 16.1. The second-order valence-corrected chi connectivity index (χ2v) is 6.21. The molecule has 0 saturated heterocycles. The average Bonchev–Trinajstić information content (AvgIpc) is 2.71. The SMILES string of the molecule is Cn1nc(C2CCCCC2)cc1C1(C(N)=O)CCC1. The second-order valence-electron chi connectivity index (χ2n) is 6.21. The molecule has 0 bridgehead atoms. The van der Waals surface area contributed by atoms with Crippen molar-refractivity contribution in [1.82, 2.24) is 9.78 Å². The molecule has 0 spiro atoms. The highest BCUT2D eigenvalue weighted by molar-refractivity contribution is 5.87. The molecule has 19 heavy (non-hydrogen) atoms. The predicted octanol–water partition coefficient (Wildman–Crippen LogP) is 2.37. The number of primary amides is 1. The lowest BCUT2D eigenvalue weighted by Gasteiger charge is -2.38. The lowest BCUT2D eigenvalue weighted by molar-refractivity contribution is -0.126. The van der Waals surface area contributed by atoms with Gasteiger partial charge in [-0.25, -0.2) is 0 Å². The molecule has 0 radical (unpaired) electrons. The molecule has 0 atom stereocenters. The molecule has 4 heteroatoms. The average molecular weight is 261 g/mol. The summed E-state index contributed by atoms with van der Waals surface area (Å²) in [4.78, 5) is 11.8. The van der Waals surface area contributed by atoms with Gasteiger partial charge < -0.3 is 5.73 Å². The van der Waals surface area contributed by atoms with Gasteiger partial charge >= 0.3 is 0 Å². The van der Waals surface area contributed by atoms with E-state index in [0.29, 0.717) is 5.92 Å². The van der Waals surface area contributed by atoms with Crippen LogP contribution in [0.3, 0.4) is 0 Å². The predicted molar refractivity (Wildman–Crippen MR) is 73.8 cm³/mol. The molecule has 2 aliphatic rings. The first kappa shape index (κ1) is 12.7. The van der Waals surface area contributed by atoms with Gasteiger partial charge in [0.25, 0.3) is 0 Å². The van der Waals surface area contributed by atoms with E-state index >= 15 is 0 Å². The van der Waals surface area contributed by atoms with Crippen LogP contribution in [0.25, 0.3) is 0 Å². The van der Waals surface area contributed by atoms with Crippen molar-refractivity contribution in [2.24, 2.45) is 12.8 Å². The Morgan fingerprint density at radius 2 is 2.00 bits per heavy atom. The number of carbonyl (C=O) groups excluding carboxylic acids is 1. The van der Waals surface area contributed by atoms with Crippen LogP contribution >= 0.6 is 0 Å². The fourth-order valence-corrected chi connectivity index (χ4v) is 3.69. The van der Waals surface area contributed by atoms with E-state index in [1.807, 2.05) is 11.7 Å². The molecule has 2 saturated carbocycles. The number of aryl methyl sites for hydroxylation is 1. The molecule has 4 nitrogen and oxygen atoms in total. The number of nitrogens with two attached hydrogens (primary N) is 1. The minimum absolute atomic E-state index is 0.183. The van der Waals surface area contributed by atoms with Crippen LogP contribution in [0.5, 0.6) is 0 Å². The molecule has 104 valence electrons. The number of amides is 1. The molecule has 2 fully saturated rings. The summed E-state index contributed by atoms with van der Waals surface area (Å²) >= 11 is 0. The first-order chi connectivity index (χ1) is 9.13. The lowest BCUT2D eigenvalue weighted by Crippen LogP contribution is -2.47. The van der Waals surface area contributed by atoms with Crippen molar-refractivity contribution in [3.63, 3.8) is 0 Å². The number of carbonyl (C=O) groups is 1. The maximum atomic E-state index is 11.8. The fourth-order valence-electron chi connectivity index (χ4n) is 3.69. The quantitative estimate of drug-likeness (QED) is 0.908. The van der Waals surface area contributed by atoms with Crippen molar-refractivity contribution in [2.45, 2.75) is 62.7 Å². The van der Waals surface area contributed by atoms with Crippen LogP contribution in [0.1, 0.15) is 68.7 Å². The topological polar surface area (TPSA) is 60.9 Å². The second kappa shape index (κ2) is 4.66. The zero-order chi connectivity index (χ0) is 13.5. The van der Waals surface area contributed by atoms with E-state index in [-0.39, 0.29) is 5.91 Å². The number of nitrogens with zero attached hydrogens (tertiary/aromatic N) is 2. The van der Waals surface area contributed by atoms with Crippen LogP contribution in [-0.2, 0) is 17.3 Å². The summed E-state index contributed by atoms with van der Waals surface area (Å²) in [5.74, 6) is 0.399. The van der Waals surface area contributed by atoms with Gasteiger partial charge in [-0.05, 0) is 31.7 Å². The number of rotatable bonds is 3. The van der Waals surface area contributed by atoms with Crippen molar-refractivity contribution < 1.29 is 4.79 Å². The molecule has 0 unspecified atom stereocenters. The molecular weight excluding hydrogens is 238 g/mol. The molecule has 2 N–H and O–H groups in total. The molecule has 0 aromatic carbocycles. The first-order valence-electron chi connectivity index (χ1n) is 7.48. The summed E-state index contributed by atoms with van der Waals surface area (Å²) in [6, 6.07) is 2.15. The summed E-state index contributed by atoms with van der Waals surface area (Å²) in [5.41, 5.74) is 7.41. The molecule has 1 aromatic rings. The van der Waals surface area contributed by atoms with E-state index < -0.39 is 5.41 Å². The van der Waals surface area contributed by atoms with Gasteiger partial charge in [0.05, 0.1) is 16.8 Å². The van der Waals surface area contributed by atoms with Crippen LogP contribution in [0.4, 0.5) is 0 Å². The maximum absolute atomic E-state index is 11.8. The van der Waals surface area contributed by atoms with Crippen LogP contribution in [0.2, 0.25) is 0 Å². The van der Waals surface area contributed by atoms with E-state index in [1.54, 1.807) is 0 Å². The zero-order valence-electron chi connectivity index (χ0n) is 11.7. The molecule has 0 aliphatic heterocycles. The highest BCUT2D eigenvalue weighted by Gasteiger charge is 2.46. The number of hydrogen-bond acceptors (Lipinski definition) is 2. The Morgan fingerprint density at radius 3 is 2.53 bits per heavy atom. The van der Waals surface area contributed by atoms with Gasteiger partial charge in [0, 0.05) is 13.0 Å². The molecule has 2 aliphatic carbocycles. The Labute approximate surface area is 114 Å². The minimum atomic E-state index is -0.436. The van der Waals surface area contributed by atoms with Crippen molar-refractivity contribution in [3.05, 3.63) is 17.5 Å². The van der Waals surface area contributed by atoms with E-state index in [4.69, 9.17) is 5.73 Å². The van der Waals surface area contributed by atoms with Crippen molar-refractivity contribution >= 4 is 5.91 Å². The smallest absolute Gasteiger partial charge is 0.229 e. The summed E-state index contributed by atoms with van der Waals surface area (Å²) in [5, 5.41) is 4.67. The first-order valence-corrected chi connectivity index (χ1v) is 7.48. The van der Waals surface area contributed by atoms with Gasteiger partial charge in [0.2, 0.25) is 5.91 Å². The van der Waals surface area contributed by atoms with Crippen LogP contribution < -0.4 is 5.73 Å². The Kier molecular flexibility index (Phi) is 3.11. The maximum Gasteiger partial charge on any atom is 0.229 e. The molecule has 1 heterocycles. The highest BCUT2D eigenvalue weighted by Crippen LogP contribution is 2.44. The van der Waals surface area contributed by atoms with Gasteiger partial charge in [-0.15, -0.1) is 0 Å². The largest absolute Gasteiger partial charge is 0.369 e. The fraction of sp³-hybridized carbons (Fsp3) is 0.733. The van der Waals surface area contributed by atoms with Crippen LogP contribution in [0, 0.1) is 0 Å². The monoisotopic (exact) mass is 261 g/mol. The number of hydrogen-bond donors (Lipinski definition) is 1.